The van der Waals surface area contributed by atoms with Crippen LogP contribution in [0.3, 0.4) is 0 Å². The maximum absolute atomic E-state index is 9.69. The highest BCUT2D eigenvalue weighted by molar-refractivity contribution is 5.03. The zero-order valence-corrected chi connectivity index (χ0v) is 6.27. The smallest absolute Gasteiger partial charge is 0.0802 e. The van der Waals surface area contributed by atoms with Crippen molar-refractivity contribution < 1.29 is 5.11 Å². The summed E-state index contributed by atoms with van der Waals surface area (Å²) in [5, 5.41) is 13.1. The summed E-state index contributed by atoms with van der Waals surface area (Å²) in [6.45, 7) is 1.10. The normalized spacial score (nSPS) is 37.5. The van der Waals surface area contributed by atoms with E-state index in [0.717, 1.165) is 19.4 Å². The first-order valence-electron chi connectivity index (χ1n) is 4.27. The first-order chi connectivity index (χ1) is 4.81. The average molecular weight is 141 g/mol. The Morgan fingerprint density at radius 3 is 2.60 bits per heavy atom. The van der Waals surface area contributed by atoms with E-state index in [9.17, 15) is 5.11 Å². The van der Waals surface area contributed by atoms with Crippen LogP contribution < -0.4 is 5.32 Å². The highest BCUT2D eigenvalue weighted by Crippen LogP contribution is 2.40. The van der Waals surface area contributed by atoms with Gasteiger partial charge in [-0.25, -0.2) is 0 Å². The van der Waals surface area contributed by atoms with E-state index in [1.807, 2.05) is 0 Å². The molecule has 2 nitrogen and oxygen atoms in total. The van der Waals surface area contributed by atoms with Gasteiger partial charge in [-0.05, 0) is 32.2 Å². The number of aliphatic hydroxyl groups is 1. The Balaban J connectivity index is 1.91. The maximum atomic E-state index is 9.69. The van der Waals surface area contributed by atoms with Gasteiger partial charge in [0.15, 0.2) is 0 Å². The molecule has 2 aliphatic rings. The summed E-state index contributed by atoms with van der Waals surface area (Å²) in [6.07, 6.45) is 5.79. The van der Waals surface area contributed by atoms with E-state index in [1.54, 1.807) is 0 Å². The van der Waals surface area contributed by atoms with Crippen LogP contribution in [0.25, 0.3) is 0 Å². The third kappa shape index (κ3) is 1.06. The molecule has 0 spiro atoms. The molecule has 2 fully saturated rings. The highest BCUT2D eigenvalue weighted by atomic mass is 16.3. The zero-order chi connectivity index (χ0) is 7.03. The average Bonchev–Trinajstić information content (AvgIpc) is 2.72. The number of piperidine rings is 1. The van der Waals surface area contributed by atoms with Crippen molar-refractivity contribution in [1.29, 1.82) is 0 Å². The minimum Gasteiger partial charge on any atom is -0.388 e. The van der Waals surface area contributed by atoms with E-state index < -0.39 is 0 Å². The molecule has 2 heteroatoms. The predicted octanol–water partition coefficient (Wildman–Crippen LogP) is 0.653. The molecule has 1 saturated carbocycles. The lowest BCUT2D eigenvalue weighted by Crippen LogP contribution is -2.44. The van der Waals surface area contributed by atoms with Gasteiger partial charge in [-0.3, -0.25) is 0 Å². The number of nitrogens with one attached hydrogen (secondary N) is 1. The summed E-state index contributed by atoms with van der Waals surface area (Å²) in [6, 6.07) is 0.418. The van der Waals surface area contributed by atoms with Gasteiger partial charge in [0.1, 0.15) is 0 Å². The monoisotopic (exact) mass is 141 g/mol. The van der Waals surface area contributed by atoms with Crippen LogP contribution in [-0.2, 0) is 0 Å². The van der Waals surface area contributed by atoms with Crippen molar-refractivity contribution in [3.63, 3.8) is 0 Å². The Hall–Kier alpha value is -0.0800. The van der Waals surface area contributed by atoms with E-state index in [2.05, 4.69) is 5.32 Å². The van der Waals surface area contributed by atoms with Crippen molar-refractivity contribution >= 4 is 0 Å². The van der Waals surface area contributed by atoms with Gasteiger partial charge in [-0.1, -0.05) is 6.42 Å². The second-order valence-corrected chi connectivity index (χ2v) is 3.61. The molecule has 2 rings (SSSR count). The largest absolute Gasteiger partial charge is 0.388 e. The van der Waals surface area contributed by atoms with Crippen molar-refractivity contribution in [1.82, 2.24) is 5.32 Å². The molecule has 10 heavy (non-hydrogen) atoms. The van der Waals surface area contributed by atoms with Crippen LogP contribution >= 0.6 is 0 Å². The highest BCUT2D eigenvalue weighted by Gasteiger charge is 2.47. The SMILES string of the molecule is OC1([C@H]2CCCCN2)CC1. The van der Waals surface area contributed by atoms with Gasteiger partial charge in [-0.2, -0.15) is 0 Å². The van der Waals surface area contributed by atoms with Gasteiger partial charge in [0, 0.05) is 6.04 Å². The summed E-state index contributed by atoms with van der Waals surface area (Å²) in [4.78, 5) is 0. The van der Waals surface area contributed by atoms with Crippen molar-refractivity contribution in [3.05, 3.63) is 0 Å². The van der Waals surface area contributed by atoms with E-state index in [1.165, 1.54) is 19.3 Å². The lowest BCUT2D eigenvalue weighted by atomic mass is 9.98. The first kappa shape index (κ1) is 6.62. The molecule has 2 N–H and O–H groups in total. The summed E-state index contributed by atoms with van der Waals surface area (Å²) in [5.74, 6) is 0. The quantitative estimate of drug-likeness (QED) is 0.562. The van der Waals surface area contributed by atoms with Crippen LogP contribution in [0.1, 0.15) is 32.1 Å². The molecular weight excluding hydrogens is 126 g/mol. The minimum absolute atomic E-state index is 0.291. The van der Waals surface area contributed by atoms with Gasteiger partial charge in [0.25, 0.3) is 0 Å². The molecule has 0 aromatic rings. The van der Waals surface area contributed by atoms with Crippen LogP contribution in [0, 0.1) is 0 Å². The third-order valence-corrected chi connectivity index (χ3v) is 2.72. The van der Waals surface area contributed by atoms with Gasteiger partial charge in [0.05, 0.1) is 5.60 Å². The fraction of sp³-hybridized carbons (Fsp3) is 1.00. The van der Waals surface area contributed by atoms with Crippen LogP contribution in [0.4, 0.5) is 0 Å². The summed E-state index contributed by atoms with van der Waals surface area (Å²) in [7, 11) is 0. The van der Waals surface area contributed by atoms with Crippen molar-refractivity contribution in [2.75, 3.05) is 6.54 Å². The molecule has 0 amide bonds. The summed E-state index contributed by atoms with van der Waals surface area (Å²) >= 11 is 0. The second kappa shape index (κ2) is 2.21. The van der Waals surface area contributed by atoms with Gasteiger partial charge >= 0.3 is 0 Å². The molecule has 1 aliphatic heterocycles. The van der Waals surface area contributed by atoms with Crippen LogP contribution in [-0.4, -0.2) is 23.3 Å². The molecule has 0 radical (unpaired) electrons. The van der Waals surface area contributed by atoms with Gasteiger partial charge < -0.3 is 10.4 Å². The molecule has 1 atom stereocenters. The van der Waals surface area contributed by atoms with Crippen LogP contribution in [0.5, 0.6) is 0 Å². The Labute approximate surface area is 61.6 Å². The molecule has 1 heterocycles. The van der Waals surface area contributed by atoms with E-state index in [4.69, 9.17) is 0 Å². The van der Waals surface area contributed by atoms with Crippen LogP contribution in [0.15, 0.2) is 0 Å². The molecule has 0 aromatic heterocycles. The lowest BCUT2D eigenvalue weighted by Gasteiger charge is -2.27. The number of hydrogen-bond acceptors (Lipinski definition) is 2. The molecule has 0 aromatic carbocycles. The Morgan fingerprint density at radius 2 is 2.10 bits per heavy atom. The molecular formula is C8H15NO. The number of rotatable bonds is 1. The van der Waals surface area contributed by atoms with Crippen LogP contribution in [0.2, 0.25) is 0 Å². The molecule has 1 aliphatic carbocycles. The Morgan fingerprint density at radius 1 is 1.30 bits per heavy atom. The predicted molar refractivity (Wildman–Crippen MR) is 39.8 cm³/mol. The standard InChI is InChI=1S/C8H15NO/c10-8(4-5-8)7-3-1-2-6-9-7/h7,9-10H,1-6H2/t7-/m1/s1. The fourth-order valence-corrected chi connectivity index (χ4v) is 1.79. The van der Waals surface area contributed by atoms with Gasteiger partial charge in [0.2, 0.25) is 0 Å². The third-order valence-electron chi connectivity index (χ3n) is 2.72. The van der Waals surface area contributed by atoms with Gasteiger partial charge in [-0.15, -0.1) is 0 Å². The molecule has 1 saturated heterocycles. The van der Waals surface area contributed by atoms with E-state index in [-0.39, 0.29) is 5.60 Å². The lowest BCUT2D eigenvalue weighted by molar-refractivity contribution is 0.0892. The maximum Gasteiger partial charge on any atom is 0.0802 e. The summed E-state index contributed by atoms with van der Waals surface area (Å²) < 4.78 is 0. The number of hydrogen-bond donors (Lipinski definition) is 2. The fourth-order valence-electron chi connectivity index (χ4n) is 1.79. The van der Waals surface area contributed by atoms with Crippen molar-refractivity contribution in [2.24, 2.45) is 0 Å². The van der Waals surface area contributed by atoms with E-state index >= 15 is 0 Å². The Kier molecular flexibility index (Phi) is 1.46. The first-order valence-corrected chi connectivity index (χ1v) is 4.27. The molecule has 58 valence electrons. The zero-order valence-electron chi connectivity index (χ0n) is 6.27. The van der Waals surface area contributed by atoms with Crippen molar-refractivity contribution in [2.45, 2.75) is 43.7 Å². The topological polar surface area (TPSA) is 32.3 Å². The molecule has 0 bridgehead atoms. The minimum atomic E-state index is -0.291. The Bertz CT molecular complexity index is 125. The second-order valence-electron chi connectivity index (χ2n) is 3.61. The van der Waals surface area contributed by atoms with Crippen molar-refractivity contribution in [3.8, 4) is 0 Å². The van der Waals surface area contributed by atoms with E-state index in [0.29, 0.717) is 6.04 Å². The molecule has 0 unspecified atom stereocenters. The summed E-state index contributed by atoms with van der Waals surface area (Å²) in [5.41, 5.74) is -0.291.